The van der Waals surface area contributed by atoms with Gasteiger partial charge in [-0.05, 0) is 22.6 Å². The van der Waals surface area contributed by atoms with Gasteiger partial charge in [0.15, 0.2) is 0 Å². The number of halogens is 2. The van der Waals surface area contributed by atoms with Crippen molar-refractivity contribution >= 4 is 34.2 Å². The van der Waals surface area contributed by atoms with Gasteiger partial charge in [0.1, 0.15) is 3.70 Å². The summed E-state index contributed by atoms with van der Waals surface area (Å²) in [6.07, 6.45) is 5.60. The van der Waals surface area contributed by atoms with Gasteiger partial charge < -0.3 is 0 Å². The van der Waals surface area contributed by atoms with Crippen molar-refractivity contribution in [3.8, 4) is 0 Å². The van der Waals surface area contributed by atoms with E-state index in [-0.39, 0.29) is 0 Å². The van der Waals surface area contributed by atoms with Crippen molar-refractivity contribution < 1.29 is 0 Å². The minimum absolute atomic E-state index is 0.689. The van der Waals surface area contributed by atoms with Crippen molar-refractivity contribution in [2.45, 2.75) is 6.54 Å². The fourth-order valence-corrected chi connectivity index (χ4v) is 1.76. The molecule has 2 rings (SSSR count). The van der Waals surface area contributed by atoms with Crippen LogP contribution in [0.3, 0.4) is 0 Å². The molecule has 0 fully saturated rings. The molecule has 0 saturated heterocycles. The standard InChI is InChI=1S/C8H8ClIN4/c1-13-3-6(2-11-13)4-14-5-7(9)8(10)12-14/h2-3,5H,4H2,1H3. The molecular formula is C8H8ClIN4. The Morgan fingerprint density at radius 1 is 1.50 bits per heavy atom. The smallest absolute Gasteiger partial charge is 0.141 e. The minimum Gasteiger partial charge on any atom is -0.275 e. The van der Waals surface area contributed by atoms with E-state index in [4.69, 9.17) is 11.6 Å². The first-order valence-corrected chi connectivity index (χ1v) is 5.47. The Kier molecular flexibility index (Phi) is 2.78. The molecule has 0 unspecified atom stereocenters. The third-order valence-corrected chi connectivity index (χ3v) is 3.17. The first kappa shape index (κ1) is 9.97. The maximum Gasteiger partial charge on any atom is 0.141 e. The molecule has 2 heterocycles. The second-order valence-corrected chi connectivity index (χ2v) is 4.42. The van der Waals surface area contributed by atoms with Gasteiger partial charge >= 0.3 is 0 Å². The summed E-state index contributed by atoms with van der Waals surface area (Å²) in [6, 6.07) is 0. The third-order valence-electron chi connectivity index (χ3n) is 1.78. The molecule has 0 aromatic carbocycles. The van der Waals surface area contributed by atoms with Crippen molar-refractivity contribution in [3.05, 3.63) is 32.9 Å². The lowest BCUT2D eigenvalue weighted by Gasteiger charge is -1.95. The lowest BCUT2D eigenvalue weighted by Crippen LogP contribution is -1.99. The number of nitrogens with zero attached hydrogens (tertiary/aromatic N) is 4. The normalized spacial score (nSPS) is 10.8. The molecule has 0 atom stereocenters. The Labute approximate surface area is 100.0 Å². The zero-order chi connectivity index (χ0) is 10.1. The number of hydrogen-bond donors (Lipinski definition) is 0. The topological polar surface area (TPSA) is 35.6 Å². The summed E-state index contributed by atoms with van der Waals surface area (Å²) in [4.78, 5) is 0. The van der Waals surface area contributed by atoms with Crippen LogP contribution < -0.4 is 0 Å². The second kappa shape index (κ2) is 3.90. The Hall–Kier alpha value is -0.560. The summed E-state index contributed by atoms with van der Waals surface area (Å²) in [6.45, 7) is 0.705. The molecule has 0 aliphatic heterocycles. The van der Waals surface area contributed by atoms with Gasteiger partial charge in [0, 0.05) is 25.0 Å². The maximum atomic E-state index is 5.89. The number of rotatable bonds is 2. The summed E-state index contributed by atoms with van der Waals surface area (Å²) in [5, 5.41) is 9.02. The van der Waals surface area contributed by atoms with Gasteiger partial charge in [0.2, 0.25) is 0 Å². The largest absolute Gasteiger partial charge is 0.275 e. The molecule has 74 valence electrons. The van der Waals surface area contributed by atoms with Crippen LogP contribution in [0, 0.1) is 3.70 Å². The van der Waals surface area contributed by atoms with Gasteiger partial charge in [0.05, 0.1) is 17.8 Å². The van der Waals surface area contributed by atoms with E-state index in [1.807, 2.05) is 25.6 Å². The van der Waals surface area contributed by atoms with Crippen molar-refractivity contribution in [2.24, 2.45) is 7.05 Å². The molecule has 0 saturated carbocycles. The predicted molar refractivity (Wildman–Crippen MR) is 62.3 cm³/mol. The Morgan fingerprint density at radius 3 is 2.79 bits per heavy atom. The van der Waals surface area contributed by atoms with E-state index in [9.17, 15) is 0 Å². The fraction of sp³-hybridized carbons (Fsp3) is 0.250. The zero-order valence-electron chi connectivity index (χ0n) is 7.48. The highest BCUT2D eigenvalue weighted by molar-refractivity contribution is 14.1. The minimum atomic E-state index is 0.689. The van der Waals surface area contributed by atoms with Crippen LogP contribution in [-0.4, -0.2) is 19.6 Å². The Balaban J connectivity index is 2.18. The molecular weight excluding hydrogens is 314 g/mol. The summed E-state index contributed by atoms with van der Waals surface area (Å²) in [7, 11) is 1.89. The van der Waals surface area contributed by atoms with Crippen molar-refractivity contribution in [1.29, 1.82) is 0 Å². The van der Waals surface area contributed by atoms with Crippen LogP contribution in [0.2, 0.25) is 5.02 Å². The third kappa shape index (κ3) is 2.09. The zero-order valence-corrected chi connectivity index (χ0v) is 10.4. The number of aromatic nitrogens is 4. The van der Waals surface area contributed by atoms with Gasteiger partial charge in [-0.1, -0.05) is 11.6 Å². The Bertz CT molecular complexity index is 428. The molecule has 4 nitrogen and oxygen atoms in total. The molecule has 0 aliphatic carbocycles. The lowest BCUT2D eigenvalue weighted by atomic mass is 10.4. The molecule has 2 aromatic heterocycles. The highest BCUT2D eigenvalue weighted by Crippen LogP contribution is 2.16. The molecule has 14 heavy (non-hydrogen) atoms. The van der Waals surface area contributed by atoms with Crippen molar-refractivity contribution in [1.82, 2.24) is 19.6 Å². The monoisotopic (exact) mass is 322 g/mol. The maximum absolute atomic E-state index is 5.89. The van der Waals surface area contributed by atoms with Crippen LogP contribution in [0.4, 0.5) is 0 Å². The van der Waals surface area contributed by atoms with E-state index in [1.54, 1.807) is 9.36 Å². The molecule has 0 bridgehead atoms. The molecule has 0 radical (unpaired) electrons. The summed E-state index contributed by atoms with van der Waals surface area (Å²) in [5.41, 5.74) is 1.11. The highest BCUT2D eigenvalue weighted by Gasteiger charge is 2.04. The van der Waals surface area contributed by atoms with E-state index in [2.05, 4.69) is 32.8 Å². The molecule has 2 aromatic rings. The summed E-state index contributed by atoms with van der Waals surface area (Å²) in [5.74, 6) is 0. The van der Waals surface area contributed by atoms with Crippen LogP contribution in [0.15, 0.2) is 18.6 Å². The summed E-state index contributed by atoms with van der Waals surface area (Å²) >= 11 is 8.00. The second-order valence-electron chi connectivity index (χ2n) is 2.99. The average molecular weight is 323 g/mol. The number of aryl methyl sites for hydroxylation is 1. The van der Waals surface area contributed by atoms with E-state index < -0.39 is 0 Å². The van der Waals surface area contributed by atoms with Crippen molar-refractivity contribution in [3.63, 3.8) is 0 Å². The lowest BCUT2D eigenvalue weighted by molar-refractivity contribution is 0.680. The Morgan fingerprint density at radius 2 is 2.29 bits per heavy atom. The van der Waals surface area contributed by atoms with Crippen molar-refractivity contribution in [2.75, 3.05) is 0 Å². The van der Waals surface area contributed by atoms with Gasteiger partial charge in [-0.3, -0.25) is 9.36 Å². The van der Waals surface area contributed by atoms with Crippen LogP contribution in [0.5, 0.6) is 0 Å². The average Bonchev–Trinajstić information content (AvgIpc) is 2.62. The van der Waals surface area contributed by atoms with E-state index >= 15 is 0 Å². The van der Waals surface area contributed by atoms with E-state index in [1.165, 1.54) is 0 Å². The van der Waals surface area contributed by atoms with Gasteiger partial charge in [-0.2, -0.15) is 10.2 Å². The van der Waals surface area contributed by atoms with E-state index in [0.29, 0.717) is 11.6 Å². The predicted octanol–water partition coefficient (Wildman–Crippen LogP) is 1.92. The van der Waals surface area contributed by atoms with Crippen LogP contribution in [0.1, 0.15) is 5.56 Å². The molecule has 0 spiro atoms. The number of hydrogen-bond acceptors (Lipinski definition) is 2. The van der Waals surface area contributed by atoms with Gasteiger partial charge in [0.25, 0.3) is 0 Å². The SMILES string of the molecule is Cn1cc(Cn2cc(Cl)c(I)n2)cn1. The summed E-state index contributed by atoms with van der Waals surface area (Å²) < 4.78 is 4.40. The van der Waals surface area contributed by atoms with Crippen LogP contribution in [0.25, 0.3) is 0 Å². The molecule has 0 amide bonds. The first-order chi connectivity index (χ1) is 6.65. The highest BCUT2D eigenvalue weighted by atomic mass is 127. The molecule has 0 aliphatic rings. The molecule has 6 heteroatoms. The van der Waals surface area contributed by atoms with Crippen LogP contribution in [-0.2, 0) is 13.6 Å². The van der Waals surface area contributed by atoms with Gasteiger partial charge in [-0.15, -0.1) is 0 Å². The fourth-order valence-electron chi connectivity index (χ4n) is 1.20. The van der Waals surface area contributed by atoms with Gasteiger partial charge in [-0.25, -0.2) is 0 Å². The quantitative estimate of drug-likeness (QED) is 0.792. The molecule has 0 N–H and O–H groups in total. The van der Waals surface area contributed by atoms with Crippen LogP contribution >= 0.6 is 34.2 Å². The van der Waals surface area contributed by atoms with E-state index in [0.717, 1.165) is 9.26 Å². The first-order valence-electron chi connectivity index (χ1n) is 4.01.